The summed E-state index contributed by atoms with van der Waals surface area (Å²) in [6.45, 7) is 1.17. The summed E-state index contributed by atoms with van der Waals surface area (Å²) in [6, 6.07) is 0. The van der Waals surface area contributed by atoms with Crippen molar-refractivity contribution in [1.29, 1.82) is 0 Å². The molecule has 0 aromatic heterocycles. The molecule has 2 aliphatic rings. The molecule has 2 rings (SSSR count). The van der Waals surface area contributed by atoms with Crippen LogP contribution < -0.4 is 9.26 Å². The fourth-order valence-electron chi connectivity index (χ4n) is 2.08. The Bertz CT molecular complexity index is 181. The quantitative estimate of drug-likeness (QED) is 0.435. The molecule has 2 unspecified atom stereocenters. The van der Waals surface area contributed by atoms with Crippen LogP contribution >= 0.6 is 20.1 Å². The van der Waals surface area contributed by atoms with Crippen LogP contribution in [0.15, 0.2) is 12.3 Å². The summed E-state index contributed by atoms with van der Waals surface area (Å²) in [6.07, 6.45) is 8.44. The van der Waals surface area contributed by atoms with Gasteiger partial charge in [0.1, 0.15) is 0 Å². The van der Waals surface area contributed by atoms with Gasteiger partial charge in [-0.3, -0.25) is 0 Å². The second kappa shape index (κ2) is 3.96. The van der Waals surface area contributed by atoms with Crippen LogP contribution in [0.5, 0.6) is 0 Å². The molecule has 0 radical (unpaired) electrons. The Balaban J connectivity index is 1.94. The molecule has 3 heteroatoms. The van der Waals surface area contributed by atoms with Crippen LogP contribution in [0.2, 0.25) is 0 Å². The molecule has 0 bridgehead atoms. The molecule has 2 aliphatic heterocycles. The molecule has 2 atom stereocenters. The average Bonchev–Trinajstić information content (AvgIpc) is 2.53. The summed E-state index contributed by atoms with van der Waals surface area (Å²) in [5.74, 6) is 0.868. The van der Waals surface area contributed by atoms with Crippen molar-refractivity contribution in [3.05, 3.63) is 12.3 Å². The summed E-state index contributed by atoms with van der Waals surface area (Å²) in [7, 11) is 0. The van der Waals surface area contributed by atoms with Gasteiger partial charge < -0.3 is 0 Å². The number of rotatable bonds is 1. The van der Waals surface area contributed by atoms with E-state index in [1.165, 1.54) is 30.2 Å². The predicted molar refractivity (Wildman–Crippen MR) is 61.3 cm³/mol. The Kier molecular flexibility index (Phi) is 2.91. The molecule has 1 saturated heterocycles. The van der Waals surface area contributed by atoms with Gasteiger partial charge in [0.25, 0.3) is 0 Å². The number of nitrogens with two attached hydrogens (primary N) is 1. The summed E-state index contributed by atoms with van der Waals surface area (Å²) in [4.78, 5) is 0. The number of hydrogen-bond acceptors (Lipinski definition) is 2. The summed E-state index contributed by atoms with van der Waals surface area (Å²) in [5.41, 5.74) is 0. The van der Waals surface area contributed by atoms with Crippen LogP contribution in [0.3, 0.4) is 0 Å². The molecule has 3 N–H and O–H groups in total. The van der Waals surface area contributed by atoms with Gasteiger partial charge in [0.15, 0.2) is 0 Å². The van der Waals surface area contributed by atoms with Gasteiger partial charge in [0, 0.05) is 0 Å². The van der Waals surface area contributed by atoms with Gasteiger partial charge in [-0.2, -0.15) is 0 Å². The Morgan fingerprint density at radius 1 is 1.50 bits per heavy atom. The van der Waals surface area contributed by atoms with Gasteiger partial charge in [-0.1, -0.05) is 0 Å². The normalized spacial score (nSPS) is 38.2. The molecule has 0 aliphatic carbocycles. The Labute approximate surface area is 81.7 Å². The number of hydrogen-bond donors (Lipinski definition) is 2. The van der Waals surface area contributed by atoms with Crippen molar-refractivity contribution in [2.75, 3.05) is 11.0 Å². The van der Waals surface area contributed by atoms with E-state index < -0.39 is 20.1 Å². The van der Waals surface area contributed by atoms with Gasteiger partial charge in [-0.15, -0.1) is 0 Å². The van der Waals surface area contributed by atoms with Crippen LogP contribution in [-0.2, 0) is 0 Å². The van der Waals surface area contributed by atoms with E-state index in [-0.39, 0.29) is 0 Å². The molecule has 2 heterocycles. The van der Waals surface area contributed by atoms with E-state index in [1.807, 2.05) is 0 Å². The number of allylic oxidation sites excluding steroid dienone is 1. The van der Waals surface area contributed by atoms with Crippen LogP contribution in [0.25, 0.3) is 0 Å². The van der Waals surface area contributed by atoms with Crippen LogP contribution in [0.4, 0.5) is 0 Å². The van der Waals surface area contributed by atoms with E-state index in [1.54, 1.807) is 0 Å². The maximum atomic E-state index is 6.21. The van der Waals surface area contributed by atoms with Crippen molar-refractivity contribution in [1.82, 2.24) is 5.32 Å². The van der Waals surface area contributed by atoms with Gasteiger partial charge >= 0.3 is 81.7 Å². The molecule has 70 valence electrons. The predicted octanol–water partition coefficient (Wildman–Crippen LogP) is 1.65. The zero-order valence-electron chi connectivity index (χ0n) is 7.30. The first-order valence-electron chi connectivity index (χ1n) is 4.65. The van der Waals surface area contributed by atoms with E-state index in [2.05, 4.69) is 17.6 Å². The molecule has 0 saturated carbocycles. The van der Waals surface area contributed by atoms with Gasteiger partial charge in [-0.05, 0) is 0 Å². The third kappa shape index (κ3) is 1.76. The molecule has 1 fully saturated rings. The molecule has 0 spiro atoms. The molecule has 0 aromatic carbocycles. The standard InChI is InChI=1S/C9H17IN2/c11-10-5-1-4-9(10)8-3-2-6-12-7-8/h2,6,8-9,12H,1,3-5,7,11H2. The SMILES string of the molecule is NI1CCCC1C1CC=CNC1. The molecule has 12 heavy (non-hydrogen) atoms. The van der Waals surface area contributed by atoms with Gasteiger partial charge in [0.05, 0.1) is 0 Å². The average molecular weight is 280 g/mol. The monoisotopic (exact) mass is 280 g/mol. The second-order valence-electron chi connectivity index (χ2n) is 3.59. The van der Waals surface area contributed by atoms with E-state index in [9.17, 15) is 0 Å². The third-order valence-corrected chi connectivity index (χ3v) is 8.46. The molecule has 2 nitrogen and oxygen atoms in total. The van der Waals surface area contributed by atoms with Crippen molar-refractivity contribution in [3.8, 4) is 0 Å². The van der Waals surface area contributed by atoms with Gasteiger partial charge in [0.2, 0.25) is 0 Å². The Morgan fingerprint density at radius 2 is 2.42 bits per heavy atom. The summed E-state index contributed by atoms with van der Waals surface area (Å²) in [5, 5.41) is 3.32. The second-order valence-corrected chi connectivity index (χ2v) is 8.75. The minimum absolute atomic E-state index is 0.868. The third-order valence-electron chi connectivity index (χ3n) is 2.76. The molecular weight excluding hydrogens is 263 g/mol. The minimum atomic E-state index is -0.976. The zero-order chi connectivity index (χ0) is 8.39. The van der Waals surface area contributed by atoms with Crippen LogP contribution in [0, 0.1) is 5.92 Å². The van der Waals surface area contributed by atoms with Crippen molar-refractivity contribution in [2.45, 2.75) is 23.2 Å². The zero-order valence-corrected chi connectivity index (χ0v) is 9.46. The fourth-order valence-corrected chi connectivity index (χ4v) is 7.29. The van der Waals surface area contributed by atoms with Crippen LogP contribution in [-0.4, -0.2) is 14.9 Å². The Morgan fingerprint density at radius 3 is 3.00 bits per heavy atom. The molecular formula is C9H17IN2. The number of nitrogens with one attached hydrogen (secondary N) is 1. The first kappa shape index (κ1) is 8.81. The van der Waals surface area contributed by atoms with E-state index >= 15 is 0 Å². The van der Waals surface area contributed by atoms with Crippen LogP contribution in [0.1, 0.15) is 19.3 Å². The first-order chi connectivity index (χ1) is 5.88. The van der Waals surface area contributed by atoms with Crippen molar-refractivity contribution < 1.29 is 0 Å². The summed E-state index contributed by atoms with van der Waals surface area (Å²) < 4.78 is 8.55. The van der Waals surface area contributed by atoms with E-state index in [4.69, 9.17) is 3.95 Å². The first-order valence-corrected chi connectivity index (χ1v) is 8.66. The topological polar surface area (TPSA) is 38.0 Å². The van der Waals surface area contributed by atoms with Crippen molar-refractivity contribution in [2.24, 2.45) is 9.86 Å². The van der Waals surface area contributed by atoms with E-state index in [0.717, 1.165) is 9.84 Å². The van der Waals surface area contributed by atoms with Gasteiger partial charge in [-0.25, -0.2) is 0 Å². The Hall–Kier alpha value is 0.230. The van der Waals surface area contributed by atoms with Crippen molar-refractivity contribution >= 4 is 20.1 Å². The number of halogens is 1. The molecule has 0 aromatic rings. The maximum absolute atomic E-state index is 6.21. The van der Waals surface area contributed by atoms with Crippen molar-refractivity contribution in [3.63, 3.8) is 0 Å². The number of alkyl halides is 2. The summed E-state index contributed by atoms with van der Waals surface area (Å²) >= 11 is -0.976. The fraction of sp³-hybridized carbons (Fsp3) is 0.778. The molecule has 0 amide bonds. The van der Waals surface area contributed by atoms with E-state index in [0.29, 0.717) is 0 Å².